The number of aromatic amines is 1. The van der Waals surface area contributed by atoms with E-state index in [1.807, 2.05) is 6.07 Å². The first kappa shape index (κ1) is 16.1. The number of carbonyl (C=O) groups excluding carboxylic acids is 1. The Hall–Kier alpha value is -2.44. The van der Waals surface area contributed by atoms with Crippen LogP contribution in [0.4, 0.5) is 5.82 Å². The van der Waals surface area contributed by atoms with Gasteiger partial charge in [-0.25, -0.2) is 4.98 Å². The highest BCUT2D eigenvalue weighted by molar-refractivity contribution is 5.90. The van der Waals surface area contributed by atoms with E-state index in [-0.39, 0.29) is 11.5 Å². The summed E-state index contributed by atoms with van der Waals surface area (Å²) in [5.41, 5.74) is 1.33. The van der Waals surface area contributed by atoms with Gasteiger partial charge in [0.2, 0.25) is 11.9 Å². The maximum Gasteiger partial charge on any atom is 0.252 e. The molecule has 7 nitrogen and oxygen atoms in total. The third kappa shape index (κ3) is 3.65. The van der Waals surface area contributed by atoms with E-state index in [4.69, 9.17) is 0 Å². The van der Waals surface area contributed by atoms with Crippen LogP contribution in [0.1, 0.15) is 62.3 Å². The molecule has 2 saturated carbocycles. The molecule has 4 rings (SSSR count). The summed E-state index contributed by atoms with van der Waals surface area (Å²) < 4.78 is 1.55. The molecule has 0 atom stereocenters. The second-order valence-corrected chi connectivity index (χ2v) is 7.25. The van der Waals surface area contributed by atoms with Gasteiger partial charge in [0, 0.05) is 30.2 Å². The third-order valence-corrected chi connectivity index (χ3v) is 5.00. The summed E-state index contributed by atoms with van der Waals surface area (Å²) in [6.45, 7) is 1.77. The van der Waals surface area contributed by atoms with E-state index in [1.54, 1.807) is 11.6 Å². The SMILES string of the molecule is Cc1cc(=O)[nH]c(-n2nc(C3CC3)cc2NC(=O)CC2CCCC2)n1. The lowest BCUT2D eigenvalue weighted by Gasteiger charge is -2.11. The van der Waals surface area contributed by atoms with Gasteiger partial charge in [-0.1, -0.05) is 12.8 Å². The molecule has 2 aliphatic carbocycles. The zero-order valence-electron chi connectivity index (χ0n) is 14.4. The molecule has 1 amide bonds. The Morgan fingerprint density at radius 1 is 1.28 bits per heavy atom. The smallest absolute Gasteiger partial charge is 0.252 e. The minimum absolute atomic E-state index is 0.00500. The van der Waals surface area contributed by atoms with Crippen LogP contribution in [0.3, 0.4) is 0 Å². The topological polar surface area (TPSA) is 92.7 Å². The van der Waals surface area contributed by atoms with E-state index in [9.17, 15) is 9.59 Å². The summed E-state index contributed by atoms with van der Waals surface area (Å²) in [5, 5.41) is 7.56. The van der Waals surface area contributed by atoms with Gasteiger partial charge < -0.3 is 5.32 Å². The van der Waals surface area contributed by atoms with Crippen molar-refractivity contribution in [3.63, 3.8) is 0 Å². The minimum Gasteiger partial charge on any atom is -0.310 e. The first-order valence-corrected chi connectivity index (χ1v) is 9.06. The number of amides is 1. The summed E-state index contributed by atoms with van der Waals surface area (Å²) in [6.07, 6.45) is 7.47. The zero-order chi connectivity index (χ0) is 17.4. The van der Waals surface area contributed by atoms with Crippen LogP contribution in [0, 0.1) is 12.8 Å². The predicted molar refractivity (Wildman–Crippen MR) is 93.9 cm³/mol. The number of H-pyrrole nitrogens is 1. The van der Waals surface area contributed by atoms with Crippen LogP contribution >= 0.6 is 0 Å². The van der Waals surface area contributed by atoms with Crippen molar-refractivity contribution in [1.29, 1.82) is 0 Å². The van der Waals surface area contributed by atoms with Gasteiger partial charge in [-0.2, -0.15) is 9.78 Å². The second-order valence-electron chi connectivity index (χ2n) is 7.25. The van der Waals surface area contributed by atoms with Crippen LogP contribution in [-0.4, -0.2) is 25.7 Å². The van der Waals surface area contributed by atoms with Gasteiger partial charge in [-0.05, 0) is 38.5 Å². The molecule has 2 N–H and O–H groups in total. The normalized spacial score (nSPS) is 17.8. The Bertz CT molecular complexity index is 843. The molecular weight excluding hydrogens is 318 g/mol. The first-order valence-electron chi connectivity index (χ1n) is 9.06. The minimum atomic E-state index is -0.228. The number of hydrogen-bond acceptors (Lipinski definition) is 4. The number of nitrogens with zero attached hydrogens (tertiary/aromatic N) is 3. The van der Waals surface area contributed by atoms with Crippen LogP contribution < -0.4 is 10.9 Å². The van der Waals surface area contributed by atoms with Crippen molar-refractivity contribution in [2.75, 3.05) is 5.32 Å². The van der Waals surface area contributed by atoms with Crippen molar-refractivity contribution in [2.24, 2.45) is 5.92 Å². The van der Waals surface area contributed by atoms with Crippen molar-refractivity contribution in [1.82, 2.24) is 19.7 Å². The molecule has 25 heavy (non-hydrogen) atoms. The molecule has 2 heterocycles. The molecule has 0 saturated heterocycles. The van der Waals surface area contributed by atoms with Gasteiger partial charge >= 0.3 is 0 Å². The van der Waals surface area contributed by atoms with E-state index in [0.717, 1.165) is 31.4 Å². The molecule has 2 aromatic rings. The molecule has 132 valence electrons. The lowest BCUT2D eigenvalue weighted by molar-refractivity contribution is -0.117. The Kier molecular flexibility index (Phi) is 4.15. The molecule has 2 aliphatic rings. The number of aryl methyl sites for hydroxylation is 1. The molecule has 0 aromatic carbocycles. The predicted octanol–water partition coefficient (Wildman–Crippen LogP) is 2.66. The van der Waals surface area contributed by atoms with E-state index in [1.165, 1.54) is 18.9 Å². The maximum atomic E-state index is 12.4. The van der Waals surface area contributed by atoms with Crippen LogP contribution in [0.15, 0.2) is 16.9 Å². The Morgan fingerprint density at radius 3 is 2.72 bits per heavy atom. The lowest BCUT2D eigenvalue weighted by atomic mass is 10.0. The molecule has 0 unspecified atom stereocenters. The van der Waals surface area contributed by atoms with Gasteiger partial charge in [0.1, 0.15) is 5.82 Å². The highest BCUT2D eigenvalue weighted by Crippen LogP contribution is 2.40. The number of carbonyl (C=O) groups is 1. The number of hydrogen-bond donors (Lipinski definition) is 2. The second kappa shape index (κ2) is 6.46. The van der Waals surface area contributed by atoms with Crippen molar-refractivity contribution >= 4 is 11.7 Å². The molecule has 0 radical (unpaired) electrons. The van der Waals surface area contributed by atoms with Crippen LogP contribution in [-0.2, 0) is 4.79 Å². The van der Waals surface area contributed by atoms with E-state index in [2.05, 4.69) is 20.4 Å². The summed E-state index contributed by atoms with van der Waals surface area (Å²) in [7, 11) is 0. The Labute approximate surface area is 145 Å². The standard InChI is InChI=1S/C18H23N5O2/c1-11-8-16(24)21-18(19-11)23-15(10-14(22-23)13-6-7-13)20-17(25)9-12-4-2-3-5-12/h8,10,12-13H,2-7,9H2,1H3,(H,20,25)(H,19,21,24). The molecular formula is C18H23N5O2. The molecule has 2 fully saturated rings. The van der Waals surface area contributed by atoms with E-state index < -0.39 is 0 Å². The van der Waals surface area contributed by atoms with Gasteiger partial charge in [-0.3, -0.25) is 14.6 Å². The number of anilines is 1. The quantitative estimate of drug-likeness (QED) is 0.874. The summed E-state index contributed by atoms with van der Waals surface area (Å²) in [5.74, 6) is 1.86. The third-order valence-electron chi connectivity index (χ3n) is 5.00. The van der Waals surface area contributed by atoms with Gasteiger partial charge in [0.15, 0.2) is 0 Å². The van der Waals surface area contributed by atoms with E-state index >= 15 is 0 Å². The molecule has 0 aliphatic heterocycles. The van der Waals surface area contributed by atoms with Gasteiger partial charge in [0.25, 0.3) is 5.56 Å². The van der Waals surface area contributed by atoms with Crippen molar-refractivity contribution in [3.8, 4) is 5.95 Å². The average Bonchev–Trinajstić information content (AvgIpc) is 3.12. The molecule has 0 spiro atoms. The van der Waals surface area contributed by atoms with E-state index in [0.29, 0.717) is 35.7 Å². The maximum absolute atomic E-state index is 12.4. The van der Waals surface area contributed by atoms with Crippen LogP contribution in [0.25, 0.3) is 5.95 Å². The monoisotopic (exact) mass is 341 g/mol. The average molecular weight is 341 g/mol. The fourth-order valence-corrected chi connectivity index (χ4v) is 3.56. The Balaban J connectivity index is 1.61. The summed E-state index contributed by atoms with van der Waals surface area (Å²) in [6, 6.07) is 3.35. The van der Waals surface area contributed by atoms with Crippen molar-refractivity contribution in [2.45, 2.75) is 57.8 Å². The first-order chi connectivity index (χ1) is 12.1. The summed E-state index contributed by atoms with van der Waals surface area (Å²) in [4.78, 5) is 31.3. The fraction of sp³-hybridized carbons (Fsp3) is 0.556. The zero-order valence-corrected chi connectivity index (χ0v) is 14.4. The van der Waals surface area contributed by atoms with Crippen molar-refractivity contribution < 1.29 is 4.79 Å². The highest BCUT2D eigenvalue weighted by atomic mass is 16.1. The number of nitrogens with one attached hydrogen (secondary N) is 2. The summed E-state index contributed by atoms with van der Waals surface area (Å²) >= 11 is 0. The Morgan fingerprint density at radius 2 is 2.04 bits per heavy atom. The largest absolute Gasteiger partial charge is 0.310 e. The van der Waals surface area contributed by atoms with Crippen LogP contribution in [0.5, 0.6) is 0 Å². The van der Waals surface area contributed by atoms with Crippen LogP contribution in [0.2, 0.25) is 0 Å². The lowest BCUT2D eigenvalue weighted by Crippen LogP contribution is -2.20. The molecule has 0 bridgehead atoms. The fourth-order valence-electron chi connectivity index (χ4n) is 3.56. The van der Waals surface area contributed by atoms with Gasteiger partial charge in [-0.15, -0.1) is 0 Å². The number of rotatable bonds is 5. The number of aromatic nitrogens is 4. The van der Waals surface area contributed by atoms with Gasteiger partial charge in [0.05, 0.1) is 5.69 Å². The molecule has 7 heteroatoms. The molecule has 2 aromatic heterocycles. The van der Waals surface area contributed by atoms with Crippen molar-refractivity contribution in [3.05, 3.63) is 33.9 Å². The highest BCUT2D eigenvalue weighted by Gasteiger charge is 2.28.